The zero-order chi connectivity index (χ0) is 29.9. The topological polar surface area (TPSA) is 91.8 Å². The zero-order valence-corrected chi connectivity index (χ0v) is 23.6. The molecule has 0 radical (unpaired) electrons. The highest BCUT2D eigenvalue weighted by Crippen LogP contribution is 2.24. The van der Waals surface area contributed by atoms with Crippen LogP contribution in [0.4, 0.5) is 24.8 Å². The van der Waals surface area contributed by atoms with Crippen LogP contribution in [-0.4, -0.2) is 34.5 Å². The lowest BCUT2D eigenvalue weighted by Crippen LogP contribution is -2.25. The number of anilines is 2. The fourth-order valence-corrected chi connectivity index (χ4v) is 3.85. The van der Waals surface area contributed by atoms with Crippen molar-refractivity contribution in [2.75, 3.05) is 24.2 Å². The van der Waals surface area contributed by atoms with E-state index in [4.69, 9.17) is 0 Å². The van der Waals surface area contributed by atoms with Crippen molar-refractivity contribution in [3.8, 4) is 0 Å². The van der Waals surface area contributed by atoms with Gasteiger partial charge in [0.2, 0.25) is 0 Å². The van der Waals surface area contributed by atoms with Gasteiger partial charge in [-0.2, -0.15) is 0 Å². The molecule has 7 nitrogen and oxygen atoms in total. The number of pyridine rings is 1. The summed E-state index contributed by atoms with van der Waals surface area (Å²) < 4.78 is 40.6. The predicted octanol–water partition coefficient (Wildman–Crippen LogP) is 6.90. The summed E-state index contributed by atoms with van der Waals surface area (Å²) in [6, 6.07) is 11.1. The molecule has 2 aromatic carbocycles. The van der Waals surface area contributed by atoms with Crippen LogP contribution in [0, 0.1) is 17.5 Å². The van der Waals surface area contributed by atoms with Gasteiger partial charge in [0.15, 0.2) is 17.5 Å². The van der Waals surface area contributed by atoms with Crippen LogP contribution in [-0.2, 0) is 6.54 Å². The lowest BCUT2D eigenvalue weighted by molar-refractivity contribution is 0.0951. The Morgan fingerprint density at radius 3 is 2.46 bits per heavy atom. The maximum absolute atomic E-state index is 13.9. The molecule has 214 valence electrons. The summed E-state index contributed by atoms with van der Waals surface area (Å²) in [6.45, 7) is 8.06. The molecule has 0 aliphatic carbocycles. The number of carbonyl (C=O) groups is 1. The third-order valence-electron chi connectivity index (χ3n) is 6.09. The fourth-order valence-electron chi connectivity index (χ4n) is 3.85. The van der Waals surface area contributed by atoms with Crippen molar-refractivity contribution < 1.29 is 18.0 Å². The van der Waals surface area contributed by atoms with Crippen molar-refractivity contribution in [1.29, 1.82) is 0 Å². The molecule has 4 rings (SSSR count). The number of nitrogens with one attached hydrogen (secondary N) is 3. The van der Waals surface area contributed by atoms with Crippen LogP contribution in [0.5, 0.6) is 0 Å². The van der Waals surface area contributed by atoms with Crippen LogP contribution < -0.4 is 16.0 Å². The quantitative estimate of drug-likeness (QED) is 0.152. The first-order valence-electron chi connectivity index (χ1n) is 13.1. The highest BCUT2D eigenvalue weighted by molar-refractivity contribution is 5.98. The maximum Gasteiger partial charge on any atom is 0.255 e. The molecule has 0 saturated heterocycles. The molecule has 0 spiro atoms. The molecule has 4 aromatic rings. The van der Waals surface area contributed by atoms with Gasteiger partial charge in [-0.15, -0.1) is 0 Å². The number of allylic oxidation sites excluding steroid dienone is 3. The van der Waals surface area contributed by atoms with Crippen molar-refractivity contribution >= 4 is 34.0 Å². The second-order valence-corrected chi connectivity index (χ2v) is 8.84. The molecule has 0 saturated carbocycles. The van der Waals surface area contributed by atoms with Crippen LogP contribution in [0.2, 0.25) is 0 Å². The van der Waals surface area contributed by atoms with Crippen LogP contribution in [0.25, 0.3) is 16.5 Å². The maximum atomic E-state index is 13.9. The summed E-state index contributed by atoms with van der Waals surface area (Å²) in [5, 5.41) is 9.68. The Kier molecular flexibility index (Phi) is 11.0. The molecule has 0 unspecified atom stereocenters. The number of rotatable bonds is 9. The Morgan fingerprint density at radius 2 is 1.71 bits per heavy atom. The summed E-state index contributed by atoms with van der Waals surface area (Å²) in [5.41, 5.74) is 3.99. The minimum absolute atomic E-state index is 0.164. The van der Waals surface area contributed by atoms with E-state index in [2.05, 4.69) is 30.9 Å². The molecule has 2 aromatic heterocycles. The summed E-state index contributed by atoms with van der Waals surface area (Å²) in [4.78, 5) is 25.6. The summed E-state index contributed by atoms with van der Waals surface area (Å²) in [5.74, 6) is -3.63. The van der Waals surface area contributed by atoms with Gasteiger partial charge in [-0.05, 0) is 55.3 Å². The highest BCUT2D eigenvalue weighted by atomic mass is 19.2. The van der Waals surface area contributed by atoms with E-state index >= 15 is 0 Å². The highest BCUT2D eigenvalue weighted by Gasteiger charge is 2.16. The van der Waals surface area contributed by atoms with Crippen LogP contribution in [0.1, 0.15) is 49.2 Å². The normalized spacial score (nSPS) is 11.5. The van der Waals surface area contributed by atoms with Gasteiger partial charge in [-0.3, -0.25) is 4.79 Å². The lowest BCUT2D eigenvalue weighted by Gasteiger charge is -2.12. The van der Waals surface area contributed by atoms with E-state index in [1.54, 1.807) is 18.3 Å². The molecule has 0 aliphatic heterocycles. The number of fused-ring (bicyclic) bond motifs is 1. The van der Waals surface area contributed by atoms with Crippen molar-refractivity contribution in [1.82, 2.24) is 20.3 Å². The van der Waals surface area contributed by atoms with Gasteiger partial charge >= 0.3 is 0 Å². The van der Waals surface area contributed by atoms with E-state index < -0.39 is 23.4 Å². The second-order valence-electron chi connectivity index (χ2n) is 8.84. The number of benzene rings is 2. The molecular formula is C31H33F3N6O. The van der Waals surface area contributed by atoms with E-state index in [-0.39, 0.29) is 17.7 Å². The van der Waals surface area contributed by atoms with Crippen molar-refractivity contribution in [2.24, 2.45) is 0 Å². The van der Waals surface area contributed by atoms with Crippen LogP contribution in [0.3, 0.4) is 0 Å². The Morgan fingerprint density at radius 1 is 0.927 bits per heavy atom. The number of aromatic nitrogens is 3. The van der Waals surface area contributed by atoms with Gasteiger partial charge in [0.1, 0.15) is 18.0 Å². The number of halogens is 3. The Hall–Kier alpha value is -4.73. The van der Waals surface area contributed by atoms with Gasteiger partial charge in [0, 0.05) is 37.3 Å². The molecular weight excluding hydrogens is 529 g/mol. The number of carbonyl (C=O) groups excluding carboxylic acids is 1. The number of amides is 1. The molecule has 10 heteroatoms. The molecule has 1 amide bonds. The van der Waals surface area contributed by atoms with Gasteiger partial charge in [-0.25, -0.2) is 28.1 Å². The van der Waals surface area contributed by atoms with E-state index in [1.165, 1.54) is 6.33 Å². The molecule has 0 atom stereocenters. The van der Waals surface area contributed by atoms with Gasteiger partial charge < -0.3 is 16.0 Å². The Bertz CT molecular complexity index is 1590. The Labute approximate surface area is 237 Å². The first-order valence-corrected chi connectivity index (χ1v) is 13.1. The van der Waals surface area contributed by atoms with Crippen LogP contribution >= 0.6 is 0 Å². The standard InChI is InChI=1S/C29H27F3N6O.C2H6/c1-17(6-7-18(2)19-9-11-24-22(13-19)27(33-3)38-16-37-24)14-35-28-21(5-4-12-34-28)29(39)36-15-20-8-10-23(30)26(32)25(20)31;1-2/h4-13,16H,14-15H2,1-3H3,(H,34,35)(H,36,39)(H,33,37,38);1-2H3/b17-6+,18-7+;. The van der Waals surface area contributed by atoms with E-state index in [0.29, 0.717) is 12.4 Å². The smallest absolute Gasteiger partial charge is 0.255 e. The van der Waals surface area contributed by atoms with Gasteiger partial charge in [0.05, 0.1) is 11.1 Å². The summed E-state index contributed by atoms with van der Waals surface area (Å²) in [7, 11) is 1.82. The lowest BCUT2D eigenvalue weighted by atomic mass is 10.0. The zero-order valence-electron chi connectivity index (χ0n) is 23.6. The van der Waals surface area contributed by atoms with Crippen molar-refractivity contribution in [3.05, 3.63) is 107 Å². The van der Waals surface area contributed by atoms with E-state index in [9.17, 15) is 18.0 Å². The number of hydrogen-bond acceptors (Lipinski definition) is 6. The average Bonchev–Trinajstić information content (AvgIpc) is 3.01. The molecule has 0 aliphatic rings. The summed E-state index contributed by atoms with van der Waals surface area (Å²) in [6.07, 6.45) is 7.05. The average molecular weight is 563 g/mol. The SMILES string of the molecule is CC.CNc1ncnc2ccc(/C(C)=C/C=C(\C)CNc3ncccc3C(=O)NCc3ccc(F)c(F)c3F)cc12. The second kappa shape index (κ2) is 14.6. The predicted molar refractivity (Wildman–Crippen MR) is 158 cm³/mol. The molecule has 0 fully saturated rings. The van der Waals surface area contributed by atoms with Crippen LogP contribution in [0.15, 0.2) is 72.7 Å². The number of nitrogens with zero attached hydrogens (tertiary/aromatic N) is 3. The Balaban J connectivity index is 0.00000226. The van der Waals surface area contributed by atoms with Crippen molar-refractivity contribution in [2.45, 2.75) is 34.2 Å². The first-order chi connectivity index (χ1) is 19.8. The first kappa shape index (κ1) is 30.8. The van der Waals surface area contributed by atoms with Crippen molar-refractivity contribution in [3.63, 3.8) is 0 Å². The fraction of sp³-hybridized carbons (Fsp3) is 0.226. The minimum atomic E-state index is -1.57. The van der Waals surface area contributed by atoms with Gasteiger partial charge in [0.25, 0.3) is 5.91 Å². The van der Waals surface area contributed by atoms with E-state index in [1.807, 2.05) is 65.1 Å². The van der Waals surface area contributed by atoms with E-state index in [0.717, 1.165) is 45.6 Å². The molecule has 41 heavy (non-hydrogen) atoms. The third-order valence-corrected chi connectivity index (χ3v) is 6.09. The number of hydrogen-bond donors (Lipinski definition) is 3. The molecule has 0 bridgehead atoms. The minimum Gasteiger partial charge on any atom is -0.373 e. The largest absolute Gasteiger partial charge is 0.373 e. The third kappa shape index (κ3) is 7.69. The summed E-state index contributed by atoms with van der Waals surface area (Å²) >= 11 is 0. The monoisotopic (exact) mass is 562 g/mol. The van der Waals surface area contributed by atoms with Gasteiger partial charge in [-0.1, -0.05) is 43.7 Å². The molecule has 2 heterocycles. The molecule has 3 N–H and O–H groups in total.